The molecule has 0 bridgehead atoms. The summed E-state index contributed by atoms with van der Waals surface area (Å²) in [6, 6.07) is 12.1. The first-order chi connectivity index (χ1) is 6.88. The van der Waals surface area contributed by atoms with Crippen LogP contribution in [-0.4, -0.2) is 11.7 Å². The normalized spacial score (nSPS) is 12.0. The van der Waals surface area contributed by atoms with Gasteiger partial charge in [0.2, 0.25) is 0 Å². The summed E-state index contributed by atoms with van der Waals surface area (Å²) in [5.41, 5.74) is 1.08. The van der Waals surface area contributed by atoms with Gasteiger partial charge in [-0.25, -0.2) is 0 Å². The summed E-state index contributed by atoms with van der Waals surface area (Å²) in [7, 11) is 0. The molecular weight excluding hydrogens is 174 g/mol. The third-order valence-electron chi connectivity index (χ3n) is 2.26. The summed E-state index contributed by atoms with van der Waals surface area (Å²) >= 11 is 0. The summed E-state index contributed by atoms with van der Waals surface area (Å²) < 4.78 is 0. The Balaban J connectivity index is 2.52. The minimum atomic E-state index is -0.0252. The van der Waals surface area contributed by atoms with Gasteiger partial charge in [0, 0.05) is 6.61 Å². The highest BCUT2D eigenvalue weighted by Gasteiger charge is 2.08. The summed E-state index contributed by atoms with van der Waals surface area (Å²) in [6.45, 7) is 0.215. The molecule has 74 valence electrons. The van der Waals surface area contributed by atoms with Crippen LogP contribution in [-0.2, 0) is 0 Å². The number of hydrogen-bond donors (Lipinski definition) is 1. The number of benzene rings is 1. The zero-order valence-electron chi connectivity index (χ0n) is 8.19. The molecule has 0 saturated heterocycles. The first kappa shape index (κ1) is 10.7. The molecule has 0 amide bonds. The van der Waals surface area contributed by atoms with Crippen LogP contribution in [0.25, 0.3) is 0 Å². The minimum Gasteiger partial charge on any atom is -0.396 e. The van der Waals surface area contributed by atoms with Crippen LogP contribution < -0.4 is 0 Å². The Morgan fingerprint density at radius 2 is 1.93 bits per heavy atom. The molecule has 1 N–H and O–H groups in total. The van der Waals surface area contributed by atoms with E-state index in [4.69, 9.17) is 10.4 Å². The maximum atomic E-state index is 8.97. The molecule has 0 aliphatic rings. The van der Waals surface area contributed by atoms with E-state index in [1.807, 2.05) is 30.3 Å². The van der Waals surface area contributed by atoms with E-state index in [1.54, 1.807) is 0 Å². The van der Waals surface area contributed by atoms with Gasteiger partial charge in [0.15, 0.2) is 0 Å². The quantitative estimate of drug-likeness (QED) is 0.723. The molecule has 1 atom stereocenters. The van der Waals surface area contributed by atoms with Gasteiger partial charge < -0.3 is 5.11 Å². The van der Waals surface area contributed by atoms with Crippen molar-refractivity contribution in [2.24, 2.45) is 0 Å². The van der Waals surface area contributed by atoms with Crippen molar-refractivity contribution in [3.05, 3.63) is 35.9 Å². The number of aliphatic hydroxyl groups excluding tert-OH is 1. The molecule has 1 aromatic carbocycles. The molecular formula is C12H15NO. The first-order valence-corrected chi connectivity index (χ1v) is 4.94. The van der Waals surface area contributed by atoms with E-state index in [1.165, 1.54) is 0 Å². The minimum absolute atomic E-state index is 0.0252. The van der Waals surface area contributed by atoms with Crippen molar-refractivity contribution >= 4 is 0 Å². The number of nitrogens with zero attached hydrogens (tertiary/aromatic N) is 1. The Kier molecular flexibility index (Phi) is 4.74. The zero-order valence-corrected chi connectivity index (χ0v) is 8.19. The third-order valence-corrected chi connectivity index (χ3v) is 2.26. The van der Waals surface area contributed by atoms with E-state index < -0.39 is 0 Å². The highest BCUT2D eigenvalue weighted by Crippen LogP contribution is 2.20. The average molecular weight is 189 g/mol. The summed E-state index contributed by atoms with van der Waals surface area (Å²) in [6.07, 6.45) is 2.52. The van der Waals surface area contributed by atoms with Gasteiger partial charge in [-0.3, -0.25) is 0 Å². The largest absolute Gasteiger partial charge is 0.396 e. The van der Waals surface area contributed by atoms with Crippen LogP contribution in [0, 0.1) is 11.3 Å². The van der Waals surface area contributed by atoms with Crippen molar-refractivity contribution in [1.82, 2.24) is 0 Å². The summed E-state index contributed by atoms with van der Waals surface area (Å²) in [5, 5.41) is 17.6. The van der Waals surface area contributed by atoms with E-state index in [-0.39, 0.29) is 12.5 Å². The number of nitriles is 1. The Labute approximate surface area is 84.8 Å². The van der Waals surface area contributed by atoms with Gasteiger partial charge in [0.05, 0.1) is 12.0 Å². The molecule has 1 aromatic rings. The van der Waals surface area contributed by atoms with Crippen molar-refractivity contribution < 1.29 is 5.11 Å². The standard InChI is InChI=1S/C12H15NO/c13-10-12(8-4-5-9-14)11-6-2-1-3-7-11/h1-3,6-7,12,14H,4-5,8-9H2. The van der Waals surface area contributed by atoms with Gasteiger partial charge in [-0.1, -0.05) is 30.3 Å². The second-order valence-corrected chi connectivity index (χ2v) is 3.31. The van der Waals surface area contributed by atoms with Crippen LogP contribution in [0.4, 0.5) is 0 Å². The molecule has 0 fully saturated rings. The molecule has 0 aliphatic heterocycles. The van der Waals surface area contributed by atoms with Crippen LogP contribution in [0.2, 0.25) is 0 Å². The first-order valence-electron chi connectivity index (χ1n) is 4.94. The number of hydrogen-bond acceptors (Lipinski definition) is 2. The fraction of sp³-hybridized carbons (Fsp3) is 0.417. The lowest BCUT2D eigenvalue weighted by Gasteiger charge is -2.07. The molecule has 0 aliphatic carbocycles. The molecule has 14 heavy (non-hydrogen) atoms. The van der Waals surface area contributed by atoms with Crippen LogP contribution in [0.3, 0.4) is 0 Å². The van der Waals surface area contributed by atoms with Crippen molar-refractivity contribution in [1.29, 1.82) is 5.26 Å². The Morgan fingerprint density at radius 3 is 2.50 bits per heavy atom. The predicted octanol–water partition coefficient (Wildman–Crippen LogP) is 2.46. The second kappa shape index (κ2) is 6.17. The molecule has 0 saturated carbocycles. The van der Waals surface area contributed by atoms with Crippen LogP contribution in [0.1, 0.15) is 30.7 Å². The molecule has 0 spiro atoms. The number of rotatable bonds is 5. The topological polar surface area (TPSA) is 44.0 Å². The maximum absolute atomic E-state index is 8.97. The van der Waals surface area contributed by atoms with Crippen LogP contribution >= 0.6 is 0 Å². The van der Waals surface area contributed by atoms with Gasteiger partial charge in [-0.15, -0.1) is 0 Å². The molecule has 1 unspecified atom stereocenters. The van der Waals surface area contributed by atoms with Gasteiger partial charge >= 0.3 is 0 Å². The molecule has 2 nitrogen and oxygen atoms in total. The molecule has 0 aromatic heterocycles. The van der Waals surface area contributed by atoms with Crippen molar-refractivity contribution in [3.8, 4) is 6.07 Å². The van der Waals surface area contributed by atoms with Gasteiger partial charge in [-0.2, -0.15) is 5.26 Å². The van der Waals surface area contributed by atoms with Gasteiger partial charge in [0.1, 0.15) is 0 Å². The molecule has 2 heteroatoms. The fourth-order valence-corrected chi connectivity index (χ4v) is 1.45. The zero-order chi connectivity index (χ0) is 10.2. The van der Waals surface area contributed by atoms with Crippen molar-refractivity contribution in [3.63, 3.8) is 0 Å². The second-order valence-electron chi connectivity index (χ2n) is 3.31. The maximum Gasteiger partial charge on any atom is 0.0712 e. The van der Waals surface area contributed by atoms with E-state index in [2.05, 4.69) is 6.07 Å². The highest BCUT2D eigenvalue weighted by molar-refractivity contribution is 5.24. The Morgan fingerprint density at radius 1 is 1.21 bits per heavy atom. The van der Waals surface area contributed by atoms with E-state index in [9.17, 15) is 0 Å². The summed E-state index contributed by atoms with van der Waals surface area (Å²) in [5.74, 6) is -0.0252. The lowest BCUT2D eigenvalue weighted by atomic mass is 9.95. The monoisotopic (exact) mass is 189 g/mol. The highest BCUT2D eigenvalue weighted by atomic mass is 16.2. The molecule has 1 rings (SSSR count). The number of aliphatic hydroxyl groups is 1. The lowest BCUT2D eigenvalue weighted by Crippen LogP contribution is -1.96. The Bertz CT molecular complexity index is 289. The molecule has 0 heterocycles. The Hall–Kier alpha value is -1.33. The van der Waals surface area contributed by atoms with Gasteiger partial charge in [0.25, 0.3) is 0 Å². The number of unbranched alkanes of at least 4 members (excludes halogenated alkanes) is 1. The third kappa shape index (κ3) is 3.20. The molecule has 0 radical (unpaired) electrons. The van der Waals surface area contributed by atoms with Crippen LogP contribution in [0.5, 0.6) is 0 Å². The van der Waals surface area contributed by atoms with Crippen molar-refractivity contribution in [2.45, 2.75) is 25.2 Å². The SMILES string of the molecule is N#CC(CCCCO)c1ccccc1. The van der Waals surface area contributed by atoms with Gasteiger partial charge in [-0.05, 0) is 24.8 Å². The van der Waals surface area contributed by atoms with E-state index >= 15 is 0 Å². The van der Waals surface area contributed by atoms with Crippen molar-refractivity contribution in [2.75, 3.05) is 6.61 Å². The van der Waals surface area contributed by atoms with E-state index in [0.29, 0.717) is 0 Å². The fourth-order valence-electron chi connectivity index (χ4n) is 1.45. The van der Waals surface area contributed by atoms with E-state index in [0.717, 1.165) is 24.8 Å². The predicted molar refractivity (Wildman–Crippen MR) is 55.7 cm³/mol. The van der Waals surface area contributed by atoms with Crippen LogP contribution in [0.15, 0.2) is 30.3 Å². The summed E-state index contributed by atoms with van der Waals surface area (Å²) in [4.78, 5) is 0. The lowest BCUT2D eigenvalue weighted by molar-refractivity contribution is 0.282. The smallest absolute Gasteiger partial charge is 0.0712 e. The average Bonchev–Trinajstić information content (AvgIpc) is 2.26.